The molecule has 0 spiro atoms. The summed E-state index contributed by atoms with van der Waals surface area (Å²) in [4.78, 5) is 0. The molecule has 1 aliphatic carbocycles. The first kappa shape index (κ1) is 11.6. The molecule has 2 rings (SSSR count). The highest BCUT2D eigenvalue weighted by atomic mass is 35.5. The van der Waals surface area contributed by atoms with Crippen LogP contribution in [0.25, 0.3) is 0 Å². The molecule has 0 atom stereocenters. The molecule has 1 saturated carbocycles. The highest BCUT2D eigenvalue weighted by molar-refractivity contribution is 6.29. The molecule has 0 aromatic carbocycles. The van der Waals surface area contributed by atoms with E-state index >= 15 is 0 Å². The molecule has 88 valence electrons. The summed E-state index contributed by atoms with van der Waals surface area (Å²) in [5.74, 6) is 0.736. The van der Waals surface area contributed by atoms with Gasteiger partial charge in [0.25, 0.3) is 0 Å². The summed E-state index contributed by atoms with van der Waals surface area (Å²) in [5, 5.41) is 11.2. The summed E-state index contributed by atoms with van der Waals surface area (Å²) in [6.07, 6.45) is 5.50. The Morgan fingerprint density at radius 1 is 1.31 bits per heavy atom. The van der Waals surface area contributed by atoms with E-state index in [0.29, 0.717) is 11.3 Å². The number of hydrogen-bond donors (Lipinski definition) is 1. The van der Waals surface area contributed by atoms with Crippen molar-refractivity contribution in [1.29, 1.82) is 0 Å². The van der Waals surface area contributed by atoms with Crippen LogP contribution < -0.4 is 5.32 Å². The molecule has 1 fully saturated rings. The Balaban J connectivity index is 1.62. The van der Waals surface area contributed by atoms with Crippen molar-refractivity contribution in [1.82, 2.24) is 10.2 Å². The van der Waals surface area contributed by atoms with Gasteiger partial charge in [0, 0.05) is 6.54 Å². The van der Waals surface area contributed by atoms with E-state index < -0.39 is 0 Å². The maximum Gasteiger partial charge on any atom is 0.151 e. The van der Waals surface area contributed by atoms with Crippen LogP contribution in [0.15, 0.2) is 12.1 Å². The van der Waals surface area contributed by atoms with E-state index in [1.807, 2.05) is 6.07 Å². The number of aromatic nitrogens is 2. The highest BCUT2D eigenvalue weighted by Crippen LogP contribution is 2.20. The summed E-state index contributed by atoms with van der Waals surface area (Å²) in [6, 6.07) is 3.53. The lowest BCUT2D eigenvalue weighted by Gasteiger charge is -2.11. The van der Waals surface area contributed by atoms with Crippen molar-refractivity contribution in [2.24, 2.45) is 0 Å². The molecule has 1 aromatic rings. The highest BCUT2D eigenvalue weighted by Gasteiger charge is 2.14. The lowest BCUT2D eigenvalue weighted by Crippen LogP contribution is -2.15. The monoisotopic (exact) mass is 241 g/mol. The minimum Gasteiger partial charge on any atom is -0.376 e. The Morgan fingerprint density at radius 2 is 2.12 bits per heavy atom. The van der Waals surface area contributed by atoms with Crippen LogP contribution in [0.2, 0.25) is 5.15 Å². The van der Waals surface area contributed by atoms with Crippen molar-refractivity contribution >= 4 is 17.4 Å². The summed E-state index contributed by atoms with van der Waals surface area (Å²) in [6.45, 7) is 1.47. The summed E-state index contributed by atoms with van der Waals surface area (Å²) < 4.78 is 5.71. The van der Waals surface area contributed by atoms with E-state index in [2.05, 4.69) is 15.5 Å². The number of halogens is 1. The van der Waals surface area contributed by atoms with E-state index in [-0.39, 0.29) is 0 Å². The molecule has 1 heterocycles. The lowest BCUT2D eigenvalue weighted by atomic mass is 10.3. The van der Waals surface area contributed by atoms with Crippen LogP contribution in [0, 0.1) is 0 Å². The van der Waals surface area contributed by atoms with Crippen LogP contribution in [0.4, 0.5) is 5.82 Å². The third-order valence-electron chi connectivity index (χ3n) is 2.70. The van der Waals surface area contributed by atoms with Crippen molar-refractivity contribution in [3.05, 3.63) is 17.3 Å². The number of hydrogen-bond acceptors (Lipinski definition) is 4. The third-order valence-corrected chi connectivity index (χ3v) is 2.90. The van der Waals surface area contributed by atoms with Crippen LogP contribution in [0.5, 0.6) is 0 Å². The largest absolute Gasteiger partial charge is 0.376 e. The van der Waals surface area contributed by atoms with Gasteiger partial charge < -0.3 is 10.1 Å². The number of nitrogens with one attached hydrogen (secondary N) is 1. The van der Waals surface area contributed by atoms with Crippen molar-refractivity contribution in [3.63, 3.8) is 0 Å². The molecule has 4 nitrogen and oxygen atoms in total. The summed E-state index contributed by atoms with van der Waals surface area (Å²) >= 11 is 5.63. The van der Waals surface area contributed by atoms with Gasteiger partial charge in [-0.15, -0.1) is 10.2 Å². The molecule has 0 amide bonds. The zero-order valence-electron chi connectivity index (χ0n) is 9.16. The molecule has 0 unspecified atom stereocenters. The van der Waals surface area contributed by atoms with Gasteiger partial charge in [-0.2, -0.15) is 0 Å². The molecule has 0 radical (unpaired) electrons. The first-order chi connectivity index (χ1) is 7.84. The van der Waals surface area contributed by atoms with Gasteiger partial charge in [0.1, 0.15) is 5.82 Å². The fraction of sp³-hybridized carbons (Fsp3) is 0.636. The van der Waals surface area contributed by atoms with Gasteiger partial charge in [-0.25, -0.2) is 0 Å². The molecule has 16 heavy (non-hydrogen) atoms. The quantitative estimate of drug-likeness (QED) is 0.805. The maximum absolute atomic E-state index is 5.71. The number of rotatable bonds is 5. The molecular weight excluding hydrogens is 226 g/mol. The number of ether oxygens (including phenoxy) is 1. The zero-order chi connectivity index (χ0) is 11.2. The number of nitrogens with zero attached hydrogens (tertiary/aromatic N) is 2. The van der Waals surface area contributed by atoms with E-state index in [9.17, 15) is 0 Å². The molecule has 0 saturated heterocycles. The fourth-order valence-corrected chi connectivity index (χ4v) is 1.97. The number of anilines is 1. The minimum atomic E-state index is 0.410. The van der Waals surface area contributed by atoms with Gasteiger partial charge in [0.15, 0.2) is 5.15 Å². The molecule has 5 heteroatoms. The van der Waals surface area contributed by atoms with E-state index in [1.54, 1.807) is 6.07 Å². The predicted molar refractivity (Wildman–Crippen MR) is 63.7 cm³/mol. The predicted octanol–water partition coefficient (Wildman–Crippen LogP) is 2.50. The van der Waals surface area contributed by atoms with Gasteiger partial charge in [0.2, 0.25) is 0 Å². The summed E-state index contributed by atoms with van der Waals surface area (Å²) in [7, 11) is 0. The Morgan fingerprint density at radius 3 is 2.81 bits per heavy atom. The smallest absolute Gasteiger partial charge is 0.151 e. The Labute approximate surface area is 100 Å². The Kier molecular flexibility index (Phi) is 4.36. The van der Waals surface area contributed by atoms with Crippen LogP contribution in [-0.2, 0) is 4.74 Å². The lowest BCUT2D eigenvalue weighted by molar-refractivity contribution is 0.0658. The summed E-state index contributed by atoms with van der Waals surface area (Å²) in [5.41, 5.74) is 0. The van der Waals surface area contributed by atoms with Crippen molar-refractivity contribution in [3.8, 4) is 0 Å². The van der Waals surface area contributed by atoms with Gasteiger partial charge >= 0.3 is 0 Å². The van der Waals surface area contributed by atoms with Crippen LogP contribution in [0.3, 0.4) is 0 Å². The topological polar surface area (TPSA) is 47.0 Å². The zero-order valence-corrected chi connectivity index (χ0v) is 9.91. The SMILES string of the molecule is Clc1ccc(NCCOC2CCCC2)nn1. The maximum atomic E-state index is 5.71. The van der Waals surface area contributed by atoms with Crippen LogP contribution in [-0.4, -0.2) is 29.5 Å². The standard InChI is InChI=1S/C11H16ClN3O/c12-10-5-6-11(15-14-10)13-7-8-16-9-3-1-2-4-9/h5-6,9H,1-4,7-8H2,(H,13,15). The van der Waals surface area contributed by atoms with Gasteiger partial charge in [-0.3, -0.25) is 0 Å². The first-order valence-electron chi connectivity index (χ1n) is 5.69. The van der Waals surface area contributed by atoms with Crippen LogP contribution >= 0.6 is 11.6 Å². The average molecular weight is 242 g/mol. The van der Waals surface area contributed by atoms with E-state index in [1.165, 1.54) is 25.7 Å². The van der Waals surface area contributed by atoms with Crippen molar-refractivity contribution in [2.45, 2.75) is 31.8 Å². The second-order valence-corrected chi connectivity index (χ2v) is 4.33. The molecule has 1 aliphatic rings. The Hall–Kier alpha value is -0.870. The molecule has 1 aromatic heterocycles. The van der Waals surface area contributed by atoms with Gasteiger partial charge in [0.05, 0.1) is 12.7 Å². The van der Waals surface area contributed by atoms with Gasteiger partial charge in [-0.05, 0) is 25.0 Å². The van der Waals surface area contributed by atoms with Crippen LogP contribution in [0.1, 0.15) is 25.7 Å². The van der Waals surface area contributed by atoms with Crippen molar-refractivity contribution in [2.75, 3.05) is 18.5 Å². The second kappa shape index (κ2) is 6.01. The molecular formula is C11H16ClN3O. The van der Waals surface area contributed by atoms with E-state index in [4.69, 9.17) is 16.3 Å². The average Bonchev–Trinajstić information content (AvgIpc) is 2.80. The molecule has 0 aliphatic heterocycles. The van der Waals surface area contributed by atoms with Crippen molar-refractivity contribution < 1.29 is 4.74 Å². The molecule has 1 N–H and O–H groups in total. The fourth-order valence-electron chi connectivity index (χ4n) is 1.87. The van der Waals surface area contributed by atoms with E-state index in [0.717, 1.165) is 19.0 Å². The molecule has 0 bridgehead atoms. The first-order valence-corrected chi connectivity index (χ1v) is 6.07. The third kappa shape index (κ3) is 3.61. The minimum absolute atomic E-state index is 0.410. The second-order valence-electron chi connectivity index (χ2n) is 3.95. The van der Waals surface area contributed by atoms with Gasteiger partial charge in [-0.1, -0.05) is 24.4 Å². The normalized spacial score (nSPS) is 16.6. The Bertz CT molecular complexity index is 312.